The molecule has 0 bridgehead atoms. The summed E-state index contributed by atoms with van der Waals surface area (Å²) in [6, 6.07) is 16.9. The van der Waals surface area contributed by atoms with E-state index >= 15 is 0 Å². The third kappa shape index (κ3) is 3.68. The third-order valence-electron chi connectivity index (χ3n) is 5.51. The zero-order chi connectivity index (χ0) is 18.8. The SMILES string of the molecule is Cc1ccc2c(c1)ncn2C1CCN(C(=O)N[C@H](C)c2ccccc2)CC1. The Hall–Kier alpha value is -2.82. The molecule has 140 valence electrons. The number of hydrogen-bond donors (Lipinski definition) is 1. The highest BCUT2D eigenvalue weighted by Gasteiger charge is 2.25. The Morgan fingerprint density at radius 2 is 1.89 bits per heavy atom. The van der Waals surface area contributed by atoms with E-state index in [0.717, 1.165) is 37.0 Å². The number of rotatable bonds is 3. The fourth-order valence-electron chi connectivity index (χ4n) is 3.88. The predicted molar refractivity (Wildman–Crippen MR) is 108 cm³/mol. The largest absolute Gasteiger partial charge is 0.331 e. The Kier molecular flexibility index (Phi) is 4.84. The summed E-state index contributed by atoms with van der Waals surface area (Å²) in [5.41, 5.74) is 4.58. The molecule has 1 atom stereocenters. The first-order valence-electron chi connectivity index (χ1n) is 9.65. The molecule has 0 spiro atoms. The molecule has 0 unspecified atom stereocenters. The van der Waals surface area contributed by atoms with Crippen LogP contribution in [-0.4, -0.2) is 33.6 Å². The van der Waals surface area contributed by atoms with Gasteiger partial charge in [0, 0.05) is 19.1 Å². The van der Waals surface area contributed by atoms with E-state index in [1.165, 1.54) is 11.1 Å². The number of carbonyl (C=O) groups is 1. The highest BCUT2D eigenvalue weighted by atomic mass is 16.2. The normalized spacial score (nSPS) is 16.4. The van der Waals surface area contributed by atoms with Crippen LogP contribution in [0.2, 0.25) is 0 Å². The first-order chi connectivity index (χ1) is 13.1. The monoisotopic (exact) mass is 362 g/mol. The smallest absolute Gasteiger partial charge is 0.317 e. The van der Waals surface area contributed by atoms with Gasteiger partial charge in [0.1, 0.15) is 0 Å². The van der Waals surface area contributed by atoms with Crippen molar-refractivity contribution in [3.05, 3.63) is 66.0 Å². The lowest BCUT2D eigenvalue weighted by Crippen LogP contribution is -2.45. The van der Waals surface area contributed by atoms with Gasteiger partial charge in [-0.2, -0.15) is 0 Å². The highest BCUT2D eigenvalue weighted by molar-refractivity contribution is 5.76. The van der Waals surface area contributed by atoms with Crippen molar-refractivity contribution < 1.29 is 4.79 Å². The van der Waals surface area contributed by atoms with Crippen molar-refractivity contribution in [3.8, 4) is 0 Å². The van der Waals surface area contributed by atoms with Gasteiger partial charge < -0.3 is 14.8 Å². The molecule has 1 aliphatic heterocycles. The summed E-state index contributed by atoms with van der Waals surface area (Å²) in [5.74, 6) is 0. The van der Waals surface area contributed by atoms with E-state index in [1.54, 1.807) is 0 Å². The van der Waals surface area contributed by atoms with Gasteiger partial charge in [0.25, 0.3) is 0 Å². The van der Waals surface area contributed by atoms with Crippen LogP contribution in [0, 0.1) is 6.92 Å². The molecule has 2 aromatic carbocycles. The lowest BCUT2D eigenvalue weighted by molar-refractivity contribution is 0.169. The zero-order valence-corrected chi connectivity index (χ0v) is 15.9. The van der Waals surface area contributed by atoms with Crippen molar-refractivity contribution in [1.29, 1.82) is 0 Å². The molecule has 1 saturated heterocycles. The molecule has 2 heterocycles. The molecule has 3 aromatic rings. The number of piperidine rings is 1. The van der Waals surface area contributed by atoms with Crippen LogP contribution in [0.3, 0.4) is 0 Å². The molecule has 0 aliphatic carbocycles. The Morgan fingerprint density at radius 3 is 2.63 bits per heavy atom. The van der Waals surface area contributed by atoms with Gasteiger partial charge in [-0.05, 0) is 49.9 Å². The minimum atomic E-state index is 0.0113. The fraction of sp³-hybridized carbons (Fsp3) is 0.364. The zero-order valence-electron chi connectivity index (χ0n) is 15.9. The van der Waals surface area contributed by atoms with Gasteiger partial charge in [-0.15, -0.1) is 0 Å². The molecule has 5 nitrogen and oxygen atoms in total. The third-order valence-corrected chi connectivity index (χ3v) is 5.51. The van der Waals surface area contributed by atoms with E-state index in [9.17, 15) is 4.79 Å². The number of aryl methyl sites for hydroxylation is 1. The molecule has 5 heteroatoms. The molecule has 4 rings (SSSR count). The Bertz CT molecular complexity index is 926. The quantitative estimate of drug-likeness (QED) is 0.748. The second kappa shape index (κ2) is 7.43. The van der Waals surface area contributed by atoms with Gasteiger partial charge in [0.05, 0.1) is 23.4 Å². The second-order valence-electron chi connectivity index (χ2n) is 7.44. The van der Waals surface area contributed by atoms with Crippen LogP contribution >= 0.6 is 0 Å². The van der Waals surface area contributed by atoms with Crippen molar-refractivity contribution in [2.24, 2.45) is 0 Å². The maximum Gasteiger partial charge on any atom is 0.317 e. The average molecular weight is 362 g/mol. The predicted octanol–water partition coefficient (Wildman–Crippen LogP) is 4.45. The molecule has 1 aliphatic rings. The van der Waals surface area contributed by atoms with Crippen LogP contribution in [-0.2, 0) is 0 Å². The van der Waals surface area contributed by atoms with Gasteiger partial charge >= 0.3 is 6.03 Å². The van der Waals surface area contributed by atoms with E-state index in [-0.39, 0.29) is 12.1 Å². The van der Waals surface area contributed by atoms with Gasteiger partial charge in [-0.3, -0.25) is 0 Å². The Balaban J connectivity index is 1.37. The molecule has 1 N–H and O–H groups in total. The van der Waals surface area contributed by atoms with Gasteiger partial charge in [0.2, 0.25) is 0 Å². The summed E-state index contributed by atoms with van der Waals surface area (Å²) in [6.07, 6.45) is 3.85. The van der Waals surface area contributed by atoms with Crippen molar-refractivity contribution in [2.45, 2.75) is 38.8 Å². The van der Waals surface area contributed by atoms with Crippen molar-refractivity contribution in [3.63, 3.8) is 0 Å². The second-order valence-corrected chi connectivity index (χ2v) is 7.44. The number of urea groups is 1. The van der Waals surface area contributed by atoms with Crippen LogP contribution in [0.5, 0.6) is 0 Å². The number of fused-ring (bicyclic) bond motifs is 1. The van der Waals surface area contributed by atoms with Crippen LogP contribution in [0.15, 0.2) is 54.9 Å². The van der Waals surface area contributed by atoms with Crippen LogP contribution in [0.25, 0.3) is 11.0 Å². The number of aromatic nitrogens is 2. The lowest BCUT2D eigenvalue weighted by atomic mass is 10.0. The number of likely N-dealkylation sites (tertiary alicyclic amines) is 1. The van der Waals surface area contributed by atoms with E-state index < -0.39 is 0 Å². The Morgan fingerprint density at radius 1 is 1.15 bits per heavy atom. The summed E-state index contributed by atoms with van der Waals surface area (Å²) in [5, 5.41) is 3.12. The summed E-state index contributed by atoms with van der Waals surface area (Å²) < 4.78 is 2.27. The summed E-state index contributed by atoms with van der Waals surface area (Å²) in [4.78, 5) is 19.1. The number of benzene rings is 2. The topological polar surface area (TPSA) is 50.2 Å². The first-order valence-corrected chi connectivity index (χ1v) is 9.65. The molecule has 1 fully saturated rings. The number of amides is 2. The minimum Gasteiger partial charge on any atom is -0.331 e. The lowest BCUT2D eigenvalue weighted by Gasteiger charge is -2.33. The van der Waals surface area contributed by atoms with Crippen LogP contribution < -0.4 is 5.32 Å². The Labute approximate surface area is 160 Å². The maximum atomic E-state index is 12.6. The average Bonchev–Trinajstić information content (AvgIpc) is 3.11. The summed E-state index contributed by atoms with van der Waals surface area (Å²) in [7, 11) is 0. The molecule has 27 heavy (non-hydrogen) atoms. The minimum absolute atomic E-state index is 0.0113. The van der Waals surface area contributed by atoms with Crippen molar-refractivity contribution in [1.82, 2.24) is 19.8 Å². The van der Waals surface area contributed by atoms with Gasteiger partial charge in [0.15, 0.2) is 0 Å². The van der Waals surface area contributed by atoms with Crippen molar-refractivity contribution >= 4 is 17.1 Å². The van der Waals surface area contributed by atoms with E-state index in [0.29, 0.717) is 6.04 Å². The van der Waals surface area contributed by atoms with Gasteiger partial charge in [-0.1, -0.05) is 36.4 Å². The molecule has 2 amide bonds. The standard InChI is InChI=1S/C22H26N4O/c1-16-8-9-21-20(14-16)23-15-26(21)19-10-12-25(13-11-19)22(27)24-17(2)18-6-4-3-5-7-18/h3-9,14-15,17,19H,10-13H2,1-2H3,(H,24,27)/t17-/m1/s1. The summed E-state index contributed by atoms with van der Waals surface area (Å²) in [6.45, 7) is 5.65. The van der Waals surface area contributed by atoms with Crippen molar-refractivity contribution in [2.75, 3.05) is 13.1 Å². The molecule has 0 radical (unpaired) electrons. The number of hydrogen-bond acceptors (Lipinski definition) is 2. The van der Waals surface area contributed by atoms with E-state index in [2.05, 4.69) is 40.0 Å². The van der Waals surface area contributed by atoms with Gasteiger partial charge in [-0.25, -0.2) is 9.78 Å². The molecule has 1 aromatic heterocycles. The number of nitrogens with zero attached hydrogens (tertiary/aromatic N) is 3. The maximum absolute atomic E-state index is 12.6. The number of carbonyl (C=O) groups excluding carboxylic acids is 1. The number of nitrogens with one attached hydrogen (secondary N) is 1. The number of imidazole rings is 1. The highest BCUT2D eigenvalue weighted by Crippen LogP contribution is 2.27. The van der Waals surface area contributed by atoms with Crippen LogP contribution in [0.1, 0.15) is 43.0 Å². The van der Waals surface area contributed by atoms with E-state index in [4.69, 9.17) is 0 Å². The molecular weight excluding hydrogens is 336 g/mol. The summed E-state index contributed by atoms with van der Waals surface area (Å²) >= 11 is 0. The molecule has 0 saturated carbocycles. The fourth-order valence-corrected chi connectivity index (χ4v) is 3.88. The van der Waals surface area contributed by atoms with Crippen LogP contribution in [0.4, 0.5) is 4.79 Å². The molecular formula is C22H26N4O. The first kappa shape index (κ1) is 17.6. The van der Waals surface area contributed by atoms with E-state index in [1.807, 2.05) is 48.5 Å².